The van der Waals surface area contributed by atoms with E-state index in [-0.39, 0.29) is 45.8 Å². The van der Waals surface area contributed by atoms with Gasteiger partial charge in [0.15, 0.2) is 11.8 Å². The van der Waals surface area contributed by atoms with Crippen LogP contribution in [-0.2, 0) is 51.1 Å². The fraction of sp³-hybridized carbons (Fsp3) is 0.605. The van der Waals surface area contributed by atoms with Crippen molar-refractivity contribution in [3.8, 4) is 0 Å². The van der Waals surface area contributed by atoms with Gasteiger partial charge in [-0.25, -0.2) is 0 Å². The second kappa shape index (κ2) is 19.1. The molecular formula is C43H59N3O10. The van der Waals surface area contributed by atoms with Crippen molar-refractivity contribution in [2.24, 2.45) is 5.41 Å². The van der Waals surface area contributed by atoms with Gasteiger partial charge in [0.2, 0.25) is 11.8 Å². The Morgan fingerprint density at radius 3 is 2.32 bits per heavy atom. The fourth-order valence-electron chi connectivity index (χ4n) is 8.85. The summed E-state index contributed by atoms with van der Waals surface area (Å²) in [6, 6.07) is 15.0. The van der Waals surface area contributed by atoms with Crippen molar-refractivity contribution < 1.29 is 48.4 Å². The van der Waals surface area contributed by atoms with E-state index in [1.807, 2.05) is 54.6 Å². The second-order valence-corrected chi connectivity index (χ2v) is 15.5. The lowest BCUT2D eigenvalue weighted by molar-refractivity contribution is -0.225. The maximum absolute atomic E-state index is 15.5. The molecule has 1 aliphatic carbocycles. The van der Waals surface area contributed by atoms with Gasteiger partial charge in [0.25, 0.3) is 0 Å². The number of aliphatic hydroxyl groups excluding tert-OH is 2. The number of esters is 1. The number of unbranched alkanes of at least 4 members (excludes halogenated alkanes) is 4. The van der Waals surface area contributed by atoms with E-state index in [9.17, 15) is 14.7 Å². The smallest absolute Gasteiger partial charge is 0.327 e. The number of carbonyl (C=O) groups excluding carboxylic acids is 3. The monoisotopic (exact) mass is 777 g/mol. The van der Waals surface area contributed by atoms with Crippen LogP contribution in [0.25, 0.3) is 6.08 Å². The second-order valence-electron chi connectivity index (χ2n) is 15.5. The molecule has 6 rings (SSSR count). The number of hydrogen-bond acceptors (Lipinski definition) is 11. The zero-order valence-electron chi connectivity index (χ0n) is 33.0. The molecule has 0 spiro atoms. The Balaban J connectivity index is 1.37. The van der Waals surface area contributed by atoms with Gasteiger partial charge >= 0.3 is 5.97 Å². The molecule has 0 radical (unpaired) electrons. The van der Waals surface area contributed by atoms with Crippen LogP contribution in [0.15, 0.2) is 60.9 Å². The Kier molecular flexibility index (Phi) is 14.2. The Bertz CT molecular complexity index is 1630. The maximum Gasteiger partial charge on any atom is 0.327 e. The maximum atomic E-state index is 15.5. The summed E-state index contributed by atoms with van der Waals surface area (Å²) < 4.78 is 25.4. The lowest BCUT2D eigenvalue weighted by Gasteiger charge is -2.50. The summed E-state index contributed by atoms with van der Waals surface area (Å²) in [5.74, 6) is -2.30. The third-order valence-corrected chi connectivity index (χ3v) is 11.6. The van der Waals surface area contributed by atoms with Crippen molar-refractivity contribution in [2.75, 3.05) is 33.4 Å². The standard InChI is InChI=1S/C43H59N3O10/c1-4-6-11-20-42(21-12-7-5-2)54-35-34-28-43(41(51)45(3)33(39(49)44-22-23-47)27-31-13-9-8-10-14-31)37(40(50)53-34)46(56-38(43)36(35)55-42)29-32-17-15-30(16-18-32)19-25-52-26-24-48/h8-10,13-19,25,33-38,47-48H,4-7,11-12,20-24,26-29H2,1-3H3,(H,44,49)/t33-,34-,35+,36+,37-,38-,43-/m1/s1. The van der Waals surface area contributed by atoms with Crippen LogP contribution >= 0.6 is 0 Å². The first-order chi connectivity index (χ1) is 27.2. The molecule has 1 saturated carbocycles. The molecule has 0 aromatic heterocycles. The van der Waals surface area contributed by atoms with E-state index in [1.54, 1.807) is 18.2 Å². The lowest BCUT2D eigenvalue weighted by Crippen LogP contribution is -2.70. The zero-order valence-corrected chi connectivity index (χ0v) is 33.0. The van der Waals surface area contributed by atoms with Gasteiger partial charge in [-0.05, 0) is 35.6 Å². The minimum absolute atomic E-state index is 0.0329. The van der Waals surface area contributed by atoms with Crippen LogP contribution in [0.3, 0.4) is 0 Å². The number of rotatable bonds is 21. The molecule has 2 bridgehead atoms. The summed E-state index contributed by atoms with van der Waals surface area (Å²) >= 11 is 0. The SMILES string of the molecule is CCCCCC1(CCCCC)O[C@@H]2[C@H](O1)[C@H]1ON(Cc3ccc(C=COCCO)cc3)[C@@H]3C(=O)O[C@@H]2C[C@]13C(=O)N(C)[C@H](Cc1ccccc1)C(=O)NCCO. The van der Waals surface area contributed by atoms with Crippen LogP contribution in [0, 0.1) is 5.41 Å². The topological polar surface area (TPSA) is 156 Å². The number of benzene rings is 2. The summed E-state index contributed by atoms with van der Waals surface area (Å²) in [4.78, 5) is 51.9. The molecule has 306 valence electrons. The highest BCUT2D eigenvalue weighted by atomic mass is 16.8. The molecule has 4 aliphatic rings. The van der Waals surface area contributed by atoms with Crippen LogP contribution in [0.2, 0.25) is 0 Å². The molecule has 4 fully saturated rings. The minimum atomic E-state index is -1.46. The molecule has 13 heteroatoms. The van der Waals surface area contributed by atoms with Crippen molar-refractivity contribution in [1.29, 1.82) is 0 Å². The van der Waals surface area contributed by atoms with E-state index >= 15 is 4.79 Å². The van der Waals surface area contributed by atoms with Gasteiger partial charge in [-0.2, -0.15) is 5.06 Å². The summed E-state index contributed by atoms with van der Waals surface area (Å²) in [7, 11) is 1.61. The predicted molar refractivity (Wildman–Crippen MR) is 207 cm³/mol. The molecule has 0 unspecified atom stereocenters. The van der Waals surface area contributed by atoms with Crippen molar-refractivity contribution in [1.82, 2.24) is 15.3 Å². The van der Waals surface area contributed by atoms with Gasteiger partial charge < -0.3 is 39.4 Å². The van der Waals surface area contributed by atoms with E-state index in [0.717, 1.165) is 55.2 Å². The van der Waals surface area contributed by atoms with Gasteiger partial charge in [-0.15, -0.1) is 0 Å². The number of nitrogens with one attached hydrogen (secondary N) is 1. The number of likely N-dealkylation sites (N-methyl/N-ethyl adjacent to an activating group) is 1. The number of hydrogen-bond donors (Lipinski definition) is 3. The summed E-state index contributed by atoms with van der Waals surface area (Å²) in [5.41, 5.74) is 1.11. The molecule has 2 aromatic carbocycles. The number of carbonyl (C=O) groups is 3. The molecule has 3 heterocycles. The molecule has 3 saturated heterocycles. The highest BCUT2D eigenvalue weighted by Gasteiger charge is 2.76. The Morgan fingerprint density at radius 2 is 1.66 bits per heavy atom. The Morgan fingerprint density at radius 1 is 0.964 bits per heavy atom. The lowest BCUT2D eigenvalue weighted by atomic mass is 9.62. The molecule has 3 aliphatic heterocycles. The van der Waals surface area contributed by atoms with Crippen molar-refractivity contribution in [3.63, 3.8) is 0 Å². The Hall–Kier alpha value is -3.85. The van der Waals surface area contributed by atoms with Crippen LogP contribution in [0.4, 0.5) is 0 Å². The number of amides is 2. The van der Waals surface area contributed by atoms with Crippen LogP contribution in [0.5, 0.6) is 0 Å². The van der Waals surface area contributed by atoms with Gasteiger partial charge in [0, 0.05) is 39.3 Å². The number of hydroxylamine groups is 2. The quantitative estimate of drug-likeness (QED) is 0.0945. The van der Waals surface area contributed by atoms with Crippen LogP contribution < -0.4 is 5.32 Å². The van der Waals surface area contributed by atoms with E-state index in [2.05, 4.69) is 19.2 Å². The van der Waals surface area contributed by atoms with Crippen molar-refractivity contribution in [3.05, 3.63) is 77.5 Å². The van der Waals surface area contributed by atoms with E-state index in [0.29, 0.717) is 12.8 Å². The zero-order chi connectivity index (χ0) is 39.7. The summed E-state index contributed by atoms with van der Waals surface area (Å²) in [6.07, 6.45) is 7.95. The molecule has 13 nitrogen and oxygen atoms in total. The van der Waals surface area contributed by atoms with E-state index in [4.69, 9.17) is 28.9 Å². The highest BCUT2D eigenvalue weighted by molar-refractivity contribution is 5.96. The highest BCUT2D eigenvalue weighted by Crippen LogP contribution is 2.58. The molecule has 2 aromatic rings. The van der Waals surface area contributed by atoms with E-state index < -0.39 is 65.5 Å². The minimum Gasteiger partial charge on any atom is -0.499 e. The number of fused-ring (bicyclic) bond motifs is 4. The number of ether oxygens (including phenoxy) is 4. The van der Waals surface area contributed by atoms with Crippen molar-refractivity contribution in [2.45, 2.75) is 127 Å². The molecule has 3 N–H and O–H groups in total. The largest absolute Gasteiger partial charge is 0.499 e. The third-order valence-electron chi connectivity index (χ3n) is 11.6. The average molecular weight is 778 g/mol. The first-order valence-electron chi connectivity index (χ1n) is 20.4. The van der Waals surface area contributed by atoms with Gasteiger partial charge in [0.05, 0.1) is 26.0 Å². The summed E-state index contributed by atoms with van der Waals surface area (Å²) in [5, 5.41) is 22.9. The molecule has 56 heavy (non-hydrogen) atoms. The first kappa shape index (κ1) is 41.8. The van der Waals surface area contributed by atoms with Gasteiger partial charge in [-0.3, -0.25) is 19.2 Å². The van der Waals surface area contributed by atoms with Crippen molar-refractivity contribution >= 4 is 23.9 Å². The van der Waals surface area contributed by atoms with Gasteiger partial charge in [0.1, 0.15) is 42.5 Å². The van der Waals surface area contributed by atoms with E-state index in [1.165, 1.54) is 11.2 Å². The number of nitrogens with zero attached hydrogens (tertiary/aromatic N) is 2. The Labute approximate surface area is 330 Å². The van der Waals surface area contributed by atoms with Gasteiger partial charge in [-0.1, -0.05) is 94.1 Å². The molecular weight excluding hydrogens is 718 g/mol. The fourth-order valence-corrected chi connectivity index (χ4v) is 8.85. The van der Waals surface area contributed by atoms with Crippen LogP contribution in [0.1, 0.15) is 88.3 Å². The van der Waals surface area contributed by atoms with Crippen LogP contribution in [-0.4, -0.2) is 114 Å². The predicted octanol–water partition coefficient (Wildman–Crippen LogP) is 4.29. The molecule has 2 amide bonds. The first-order valence-corrected chi connectivity index (χ1v) is 20.4. The normalized spacial score (nSPS) is 26.8. The average Bonchev–Trinajstić information content (AvgIpc) is 3.76. The molecule has 7 atom stereocenters. The third kappa shape index (κ3) is 8.83. The number of aliphatic hydroxyl groups is 2. The summed E-state index contributed by atoms with van der Waals surface area (Å²) in [6.45, 7) is 4.39.